The van der Waals surface area contributed by atoms with Gasteiger partial charge in [-0.3, -0.25) is 0 Å². The van der Waals surface area contributed by atoms with E-state index in [1.165, 1.54) is 0 Å². The zero-order valence-electron chi connectivity index (χ0n) is 8.76. The van der Waals surface area contributed by atoms with E-state index < -0.39 is 24.0 Å². The minimum Gasteiger partial charge on any atom is -0.388 e. The maximum atomic E-state index is 12.9. The van der Waals surface area contributed by atoms with Crippen LogP contribution in [0.1, 0.15) is 39.5 Å². The molecule has 84 valence electrons. The van der Waals surface area contributed by atoms with Crippen LogP contribution in [0.5, 0.6) is 0 Å². The molecule has 3 N–H and O–H groups in total. The molecule has 0 aromatic heterocycles. The molecule has 0 amide bonds. The van der Waals surface area contributed by atoms with Crippen molar-refractivity contribution in [1.82, 2.24) is 0 Å². The molecule has 4 heteroatoms. The standard InChI is InChI=1S/C10H19F2NO/c1-7(2)5-9(14)3-4-10(11,12)6-8(9)13/h7-8,14H,3-6,13H2,1-2H3. The van der Waals surface area contributed by atoms with Crippen molar-refractivity contribution in [3.63, 3.8) is 0 Å². The Morgan fingerprint density at radius 3 is 2.43 bits per heavy atom. The fourth-order valence-corrected chi connectivity index (χ4v) is 2.16. The molecule has 1 aliphatic rings. The van der Waals surface area contributed by atoms with Crippen LogP contribution < -0.4 is 5.73 Å². The number of hydrogen-bond donors (Lipinski definition) is 2. The summed E-state index contributed by atoms with van der Waals surface area (Å²) in [7, 11) is 0. The van der Waals surface area contributed by atoms with Crippen molar-refractivity contribution in [3.8, 4) is 0 Å². The van der Waals surface area contributed by atoms with E-state index in [4.69, 9.17) is 5.73 Å². The minimum atomic E-state index is -2.69. The third-order valence-electron chi connectivity index (χ3n) is 2.89. The van der Waals surface area contributed by atoms with E-state index in [9.17, 15) is 13.9 Å². The van der Waals surface area contributed by atoms with Crippen LogP contribution >= 0.6 is 0 Å². The Bertz CT molecular complexity index is 208. The maximum Gasteiger partial charge on any atom is 0.249 e. The number of nitrogens with two attached hydrogens (primary N) is 1. The van der Waals surface area contributed by atoms with Gasteiger partial charge in [0, 0.05) is 18.9 Å². The van der Waals surface area contributed by atoms with Crippen molar-refractivity contribution in [2.45, 2.75) is 57.1 Å². The fourth-order valence-electron chi connectivity index (χ4n) is 2.16. The number of rotatable bonds is 2. The lowest BCUT2D eigenvalue weighted by molar-refractivity contribution is -0.121. The van der Waals surface area contributed by atoms with Crippen LogP contribution in [-0.2, 0) is 0 Å². The van der Waals surface area contributed by atoms with Crippen LogP contribution in [0.15, 0.2) is 0 Å². The van der Waals surface area contributed by atoms with E-state index in [0.717, 1.165) is 0 Å². The average Bonchev–Trinajstić information content (AvgIpc) is 1.97. The van der Waals surface area contributed by atoms with Crippen LogP contribution in [0.25, 0.3) is 0 Å². The van der Waals surface area contributed by atoms with E-state index in [1.807, 2.05) is 13.8 Å². The first kappa shape index (κ1) is 11.9. The summed E-state index contributed by atoms with van der Waals surface area (Å²) in [6.07, 6.45) is -0.0241. The normalized spacial score (nSPS) is 37.5. The van der Waals surface area contributed by atoms with E-state index in [0.29, 0.717) is 6.42 Å². The van der Waals surface area contributed by atoms with Gasteiger partial charge in [0.15, 0.2) is 0 Å². The highest BCUT2D eigenvalue weighted by Crippen LogP contribution is 2.40. The van der Waals surface area contributed by atoms with Crippen LogP contribution in [0.2, 0.25) is 0 Å². The van der Waals surface area contributed by atoms with Gasteiger partial charge in [-0.05, 0) is 18.8 Å². The average molecular weight is 207 g/mol. The summed E-state index contributed by atoms with van der Waals surface area (Å²) < 4.78 is 25.9. The van der Waals surface area contributed by atoms with Crippen LogP contribution in [-0.4, -0.2) is 22.7 Å². The predicted molar refractivity (Wildman–Crippen MR) is 51.2 cm³/mol. The number of aliphatic hydroxyl groups is 1. The molecule has 14 heavy (non-hydrogen) atoms. The molecular formula is C10H19F2NO. The summed E-state index contributed by atoms with van der Waals surface area (Å²) in [5.74, 6) is -2.42. The number of alkyl halides is 2. The summed E-state index contributed by atoms with van der Waals surface area (Å²) in [6.45, 7) is 3.91. The van der Waals surface area contributed by atoms with E-state index in [-0.39, 0.29) is 18.8 Å². The molecule has 1 saturated carbocycles. The Morgan fingerprint density at radius 2 is 2.00 bits per heavy atom. The quantitative estimate of drug-likeness (QED) is 0.726. The zero-order valence-corrected chi connectivity index (χ0v) is 8.76. The summed E-state index contributed by atoms with van der Waals surface area (Å²) >= 11 is 0. The number of hydrogen-bond acceptors (Lipinski definition) is 2. The predicted octanol–water partition coefficient (Wildman–Crippen LogP) is 1.91. The highest BCUT2D eigenvalue weighted by Gasteiger charge is 2.47. The van der Waals surface area contributed by atoms with Gasteiger partial charge in [-0.25, -0.2) is 8.78 Å². The lowest BCUT2D eigenvalue weighted by Gasteiger charge is -2.42. The second kappa shape index (κ2) is 3.74. The first-order valence-electron chi connectivity index (χ1n) is 5.11. The first-order valence-corrected chi connectivity index (χ1v) is 5.11. The summed E-state index contributed by atoms with van der Waals surface area (Å²) in [6, 6.07) is -0.798. The van der Waals surface area contributed by atoms with Crippen molar-refractivity contribution in [1.29, 1.82) is 0 Å². The van der Waals surface area contributed by atoms with Gasteiger partial charge in [0.1, 0.15) is 0 Å². The summed E-state index contributed by atoms with van der Waals surface area (Å²) in [4.78, 5) is 0. The Balaban J connectivity index is 2.64. The van der Waals surface area contributed by atoms with Crippen molar-refractivity contribution in [3.05, 3.63) is 0 Å². The van der Waals surface area contributed by atoms with Gasteiger partial charge in [-0.1, -0.05) is 13.8 Å². The van der Waals surface area contributed by atoms with Gasteiger partial charge in [-0.15, -0.1) is 0 Å². The molecule has 2 nitrogen and oxygen atoms in total. The van der Waals surface area contributed by atoms with Gasteiger partial charge in [0.25, 0.3) is 0 Å². The minimum absolute atomic E-state index is 0.110. The Labute approximate surface area is 83.5 Å². The molecule has 1 rings (SSSR count). The van der Waals surface area contributed by atoms with Gasteiger partial charge in [0.05, 0.1) is 5.60 Å². The second-order valence-electron chi connectivity index (χ2n) is 4.87. The van der Waals surface area contributed by atoms with Crippen molar-refractivity contribution in [2.75, 3.05) is 0 Å². The van der Waals surface area contributed by atoms with Crippen LogP contribution in [0.4, 0.5) is 8.78 Å². The topological polar surface area (TPSA) is 46.2 Å². The first-order chi connectivity index (χ1) is 6.25. The summed E-state index contributed by atoms with van der Waals surface area (Å²) in [5, 5.41) is 10.1. The largest absolute Gasteiger partial charge is 0.388 e. The maximum absolute atomic E-state index is 12.9. The number of halogens is 2. The molecule has 0 bridgehead atoms. The molecule has 2 atom stereocenters. The zero-order chi connectivity index (χ0) is 11.0. The fraction of sp³-hybridized carbons (Fsp3) is 1.00. The molecule has 2 unspecified atom stereocenters. The molecule has 0 radical (unpaired) electrons. The highest BCUT2D eigenvalue weighted by molar-refractivity contribution is 4.98. The van der Waals surface area contributed by atoms with Gasteiger partial charge >= 0.3 is 0 Å². The smallest absolute Gasteiger partial charge is 0.249 e. The van der Waals surface area contributed by atoms with Crippen molar-refractivity contribution in [2.24, 2.45) is 11.7 Å². The molecule has 0 aliphatic heterocycles. The third kappa shape index (κ3) is 2.64. The van der Waals surface area contributed by atoms with E-state index >= 15 is 0 Å². The lowest BCUT2D eigenvalue weighted by atomic mass is 9.74. The Morgan fingerprint density at radius 1 is 1.43 bits per heavy atom. The monoisotopic (exact) mass is 207 g/mol. The molecule has 0 heterocycles. The molecule has 0 aromatic rings. The van der Waals surface area contributed by atoms with E-state index in [2.05, 4.69) is 0 Å². The van der Waals surface area contributed by atoms with Gasteiger partial charge in [0.2, 0.25) is 5.92 Å². The summed E-state index contributed by atoms with van der Waals surface area (Å²) in [5.41, 5.74) is 4.52. The van der Waals surface area contributed by atoms with Crippen molar-refractivity contribution >= 4 is 0 Å². The SMILES string of the molecule is CC(C)CC1(O)CCC(F)(F)CC1N. The molecular weight excluding hydrogens is 188 g/mol. The molecule has 1 fully saturated rings. The highest BCUT2D eigenvalue weighted by atomic mass is 19.3. The molecule has 0 spiro atoms. The van der Waals surface area contributed by atoms with Gasteiger partial charge in [-0.2, -0.15) is 0 Å². The Kier molecular flexibility index (Phi) is 3.17. The van der Waals surface area contributed by atoms with Gasteiger partial charge < -0.3 is 10.8 Å². The molecule has 1 aliphatic carbocycles. The van der Waals surface area contributed by atoms with Crippen LogP contribution in [0.3, 0.4) is 0 Å². The Hall–Kier alpha value is -0.220. The second-order valence-corrected chi connectivity index (χ2v) is 4.87. The lowest BCUT2D eigenvalue weighted by Crippen LogP contribution is -2.55. The molecule has 0 aromatic carbocycles. The van der Waals surface area contributed by atoms with Crippen molar-refractivity contribution < 1.29 is 13.9 Å². The van der Waals surface area contributed by atoms with E-state index in [1.54, 1.807) is 0 Å². The van der Waals surface area contributed by atoms with Crippen LogP contribution in [0, 0.1) is 5.92 Å². The third-order valence-corrected chi connectivity index (χ3v) is 2.89. The molecule has 0 saturated heterocycles.